The standard InChI is InChI=1S/C22H30ClN5O3/c1-25(2)15-6-4-14(5-7-15)20(29)27-12-10-16(11-13-27)28-19-17(8-9-18(23)24-19)26(3)21(30)22(28)31/h8-9,14-16H,4-7,10-13H2,1-3H3. The first kappa shape index (κ1) is 22.0. The molecule has 1 aliphatic carbocycles. The molecule has 0 aromatic carbocycles. The number of likely N-dealkylation sites (tertiary alicyclic amines) is 1. The molecular formula is C22H30ClN5O3. The molecular weight excluding hydrogens is 418 g/mol. The molecule has 0 spiro atoms. The van der Waals surface area contributed by atoms with E-state index < -0.39 is 11.1 Å². The summed E-state index contributed by atoms with van der Waals surface area (Å²) in [4.78, 5) is 46.9. The van der Waals surface area contributed by atoms with Crippen LogP contribution in [0.1, 0.15) is 44.6 Å². The highest BCUT2D eigenvalue weighted by molar-refractivity contribution is 6.29. The van der Waals surface area contributed by atoms with Gasteiger partial charge in [0.05, 0.1) is 5.52 Å². The van der Waals surface area contributed by atoms with E-state index in [-0.39, 0.29) is 23.0 Å². The van der Waals surface area contributed by atoms with Gasteiger partial charge in [0.2, 0.25) is 5.91 Å². The fourth-order valence-corrected chi connectivity index (χ4v) is 5.23. The zero-order valence-electron chi connectivity index (χ0n) is 18.4. The number of pyridine rings is 1. The van der Waals surface area contributed by atoms with Crippen LogP contribution >= 0.6 is 11.6 Å². The number of rotatable bonds is 3. The van der Waals surface area contributed by atoms with Gasteiger partial charge in [0, 0.05) is 38.1 Å². The number of aromatic nitrogens is 3. The molecule has 2 aliphatic rings. The number of hydrogen-bond acceptors (Lipinski definition) is 5. The van der Waals surface area contributed by atoms with Crippen LogP contribution in [0.4, 0.5) is 0 Å². The normalized spacial score (nSPS) is 22.9. The van der Waals surface area contributed by atoms with Gasteiger partial charge in [-0.1, -0.05) is 11.6 Å². The average molecular weight is 448 g/mol. The van der Waals surface area contributed by atoms with Gasteiger partial charge in [-0.25, -0.2) is 4.98 Å². The first-order valence-corrected chi connectivity index (χ1v) is 11.4. The summed E-state index contributed by atoms with van der Waals surface area (Å²) >= 11 is 6.08. The molecule has 9 heteroatoms. The maximum atomic E-state index is 13.1. The quantitative estimate of drug-likeness (QED) is 0.531. The fraction of sp³-hybridized carbons (Fsp3) is 0.636. The van der Waals surface area contributed by atoms with Crippen LogP contribution in [0, 0.1) is 5.92 Å². The van der Waals surface area contributed by atoms with Crippen molar-refractivity contribution < 1.29 is 4.79 Å². The van der Waals surface area contributed by atoms with Gasteiger partial charge in [-0.2, -0.15) is 0 Å². The van der Waals surface area contributed by atoms with Crippen molar-refractivity contribution in [2.24, 2.45) is 13.0 Å². The Balaban J connectivity index is 1.50. The highest BCUT2D eigenvalue weighted by atomic mass is 35.5. The highest BCUT2D eigenvalue weighted by Crippen LogP contribution is 2.30. The number of carbonyl (C=O) groups excluding carboxylic acids is 1. The Labute approximate surface area is 186 Å². The largest absolute Gasteiger partial charge is 0.342 e. The van der Waals surface area contributed by atoms with Crippen LogP contribution in [0.3, 0.4) is 0 Å². The van der Waals surface area contributed by atoms with Crippen LogP contribution in [0.2, 0.25) is 5.15 Å². The monoisotopic (exact) mass is 447 g/mol. The molecule has 2 aromatic rings. The number of nitrogens with zero attached hydrogens (tertiary/aromatic N) is 5. The molecule has 1 amide bonds. The third-order valence-electron chi connectivity index (χ3n) is 7.03. The van der Waals surface area contributed by atoms with Crippen molar-refractivity contribution in [3.05, 3.63) is 38.0 Å². The van der Waals surface area contributed by atoms with Gasteiger partial charge in [0.15, 0.2) is 5.65 Å². The van der Waals surface area contributed by atoms with E-state index in [1.807, 2.05) is 4.90 Å². The SMILES string of the molecule is CN(C)C1CCC(C(=O)N2CCC(n3c(=O)c(=O)n(C)c4ccc(Cl)nc43)CC2)CC1. The Morgan fingerprint density at radius 1 is 1.03 bits per heavy atom. The van der Waals surface area contributed by atoms with Crippen molar-refractivity contribution in [3.63, 3.8) is 0 Å². The topological polar surface area (TPSA) is 80.4 Å². The lowest BCUT2D eigenvalue weighted by molar-refractivity contribution is -0.138. The molecule has 2 fully saturated rings. The molecule has 1 saturated heterocycles. The summed E-state index contributed by atoms with van der Waals surface area (Å²) < 4.78 is 2.81. The number of piperidine rings is 1. The lowest BCUT2D eigenvalue weighted by atomic mass is 9.84. The molecule has 2 aromatic heterocycles. The second kappa shape index (κ2) is 8.74. The Bertz CT molecular complexity index is 1090. The van der Waals surface area contributed by atoms with E-state index in [1.54, 1.807) is 19.2 Å². The van der Waals surface area contributed by atoms with E-state index in [9.17, 15) is 14.4 Å². The van der Waals surface area contributed by atoms with Crippen molar-refractivity contribution >= 4 is 28.7 Å². The summed E-state index contributed by atoms with van der Waals surface area (Å²) in [5.74, 6) is 0.332. The van der Waals surface area contributed by atoms with Crippen molar-refractivity contribution in [3.8, 4) is 0 Å². The zero-order chi connectivity index (χ0) is 22.3. The van der Waals surface area contributed by atoms with Gasteiger partial charge >= 0.3 is 11.1 Å². The molecule has 31 heavy (non-hydrogen) atoms. The van der Waals surface area contributed by atoms with Gasteiger partial charge in [-0.05, 0) is 64.8 Å². The van der Waals surface area contributed by atoms with Crippen molar-refractivity contribution in [1.29, 1.82) is 0 Å². The summed E-state index contributed by atoms with van der Waals surface area (Å²) in [6.45, 7) is 1.17. The maximum absolute atomic E-state index is 13.1. The molecule has 1 aliphatic heterocycles. The van der Waals surface area contributed by atoms with E-state index in [0.29, 0.717) is 43.1 Å². The Morgan fingerprint density at radius 3 is 2.29 bits per heavy atom. The number of fused-ring (bicyclic) bond motifs is 1. The second-order valence-corrected chi connectivity index (χ2v) is 9.43. The van der Waals surface area contributed by atoms with Gasteiger partial charge in [-0.3, -0.25) is 19.0 Å². The average Bonchev–Trinajstić information content (AvgIpc) is 2.77. The van der Waals surface area contributed by atoms with E-state index in [4.69, 9.17) is 11.6 Å². The van der Waals surface area contributed by atoms with E-state index in [2.05, 4.69) is 24.0 Å². The van der Waals surface area contributed by atoms with Gasteiger partial charge in [-0.15, -0.1) is 0 Å². The van der Waals surface area contributed by atoms with E-state index >= 15 is 0 Å². The predicted molar refractivity (Wildman–Crippen MR) is 121 cm³/mol. The number of amides is 1. The fourth-order valence-electron chi connectivity index (χ4n) is 5.09. The smallest absolute Gasteiger partial charge is 0.318 e. The van der Waals surface area contributed by atoms with Gasteiger partial charge in [0.1, 0.15) is 5.15 Å². The molecule has 1 saturated carbocycles. The number of carbonyl (C=O) groups is 1. The summed E-state index contributed by atoms with van der Waals surface area (Å²) in [6.07, 6.45) is 5.22. The van der Waals surface area contributed by atoms with Crippen molar-refractivity contribution in [1.82, 2.24) is 23.9 Å². The summed E-state index contributed by atoms with van der Waals surface area (Å²) in [5.41, 5.74) is -0.166. The maximum Gasteiger partial charge on any atom is 0.318 e. The molecule has 168 valence electrons. The summed E-state index contributed by atoms with van der Waals surface area (Å²) in [6, 6.07) is 3.72. The van der Waals surface area contributed by atoms with E-state index in [1.165, 1.54) is 9.13 Å². The second-order valence-electron chi connectivity index (χ2n) is 9.04. The van der Waals surface area contributed by atoms with Gasteiger partial charge in [0.25, 0.3) is 0 Å². The van der Waals surface area contributed by atoms with Crippen LogP contribution in [0.25, 0.3) is 11.2 Å². The summed E-state index contributed by atoms with van der Waals surface area (Å²) in [7, 11) is 5.77. The first-order chi connectivity index (χ1) is 14.8. The zero-order valence-corrected chi connectivity index (χ0v) is 19.1. The third kappa shape index (κ3) is 4.15. The lowest BCUT2D eigenvalue weighted by Gasteiger charge is -2.38. The molecule has 0 unspecified atom stereocenters. The Hall–Kier alpha value is -2.19. The number of hydrogen-bond donors (Lipinski definition) is 0. The van der Waals surface area contributed by atoms with Gasteiger partial charge < -0.3 is 14.4 Å². The minimum atomic E-state index is -0.587. The molecule has 0 bridgehead atoms. The predicted octanol–water partition coefficient (Wildman–Crippen LogP) is 2.03. The molecule has 4 rings (SSSR count). The molecule has 8 nitrogen and oxygen atoms in total. The number of halogens is 1. The highest BCUT2D eigenvalue weighted by Gasteiger charge is 2.33. The molecule has 3 heterocycles. The van der Waals surface area contributed by atoms with Crippen LogP contribution < -0.4 is 11.1 Å². The number of aryl methyl sites for hydroxylation is 1. The first-order valence-electron chi connectivity index (χ1n) is 11.0. The summed E-state index contributed by atoms with van der Waals surface area (Å²) in [5, 5.41) is 0.278. The van der Waals surface area contributed by atoms with Crippen LogP contribution in [0.15, 0.2) is 21.7 Å². The van der Waals surface area contributed by atoms with Crippen molar-refractivity contribution in [2.75, 3.05) is 27.2 Å². The Kier molecular flexibility index (Phi) is 6.21. The van der Waals surface area contributed by atoms with Crippen LogP contribution in [-0.4, -0.2) is 63.1 Å². The molecule has 0 radical (unpaired) electrons. The van der Waals surface area contributed by atoms with Crippen LogP contribution in [0.5, 0.6) is 0 Å². The minimum absolute atomic E-state index is 0.0980. The minimum Gasteiger partial charge on any atom is -0.342 e. The van der Waals surface area contributed by atoms with Crippen LogP contribution in [-0.2, 0) is 11.8 Å². The molecule has 0 atom stereocenters. The molecule has 0 N–H and O–H groups in total. The Morgan fingerprint density at radius 2 is 1.68 bits per heavy atom. The van der Waals surface area contributed by atoms with Crippen molar-refractivity contribution in [2.45, 2.75) is 50.6 Å². The third-order valence-corrected chi connectivity index (χ3v) is 7.24. The van der Waals surface area contributed by atoms with E-state index in [0.717, 1.165) is 25.7 Å². The lowest BCUT2D eigenvalue weighted by Crippen LogP contribution is -2.47.